The minimum Gasteiger partial charge on any atom is -0.336 e. The molecule has 1 heterocycles. The van der Waals surface area contributed by atoms with Crippen LogP contribution >= 0.6 is 12.4 Å². The van der Waals surface area contributed by atoms with Crippen molar-refractivity contribution in [3.63, 3.8) is 0 Å². The van der Waals surface area contributed by atoms with Crippen LogP contribution in [-0.4, -0.2) is 53.8 Å². The highest BCUT2D eigenvalue weighted by Crippen LogP contribution is 2.25. The highest BCUT2D eigenvalue weighted by atomic mass is 35.5. The smallest absolute Gasteiger partial charge is 0.240 e. The Morgan fingerprint density at radius 2 is 1.59 bits per heavy atom. The normalized spacial score (nSPS) is 15.4. The highest BCUT2D eigenvalue weighted by Gasteiger charge is 2.26. The van der Waals surface area contributed by atoms with Crippen molar-refractivity contribution in [3.8, 4) is 0 Å². The zero-order valence-corrected chi connectivity index (χ0v) is 24.9. The lowest BCUT2D eigenvalue weighted by molar-refractivity contribution is -0.133. The molecule has 0 aromatic heterocycles. The number of hydrogen-bond donors (Lipinski definition) is 1. The van der Waals surface area contributed by atoms with E-state index in [2.05, 4.69) is 30.9 Å². The van der Waals surface area contributed by atoms with Gasteiger partial charge in [0.25, 0.3) is 0 Å². The van der Waals surface area contributed by atoms with Crippen LogP contribution in [0.15, 0.2) is 78.9 Å². The number of para-hydroxylation sites is 1. The predicted molar refractivity (Wildman–Crippen MR) is 165 cm³/mol. The fourth-order valence-corrected chi connectivity index (χ4v) is 5.29. The summed E-state index contributed by atoms with van der Waals surface area (Å²) in [5.41, 5.74) is 10.1. The van der Waals surface area contributed by atoms with E-state index in [0.29, 0.717) is 38.2 Å². The Kier molecular flexibility index (Phi) is 12.3. The van der Waals surface area contributed by atoms with Crippen LogP contribution in [0.4, 0.5) is 10.1 Å². The highest BCUT2D eigenvalue weighted by molar-refractivity contribution is 5.94. The van der Waals surface area contributed by atoms with Gasteiger partial charge >= 0.3 is 0 Å². The van der Waals surface area contributed by atoms with Crippen molar-refractivity contribution in [1.29, 1.82) is 0 Å². The molecule has 6 nitrogen and oxygen atoms in total. The van der Waals surface area contributed by atoms with Crippen molar-refractivity contribution in [1.82, 2.24) is 9.80 Å². The Balaban J connectivity index is 0.00000462. The number of amides is 2. The number of fused-ring (bicyclic) bond motifs is 1. The molecule has 0 saturated carbocycles. The average molecular weight is 581 g/mol. The molecule has 3 aromatic carbocycles. The van der Waals surface area contributed by atoms with Gasteiger partial charge in [0.05, 0.1) is 6.04 Å². The van der Waals surface area contributed by atoms with Crippen molar-refractivity contribution in [2.24, 2.45) is 11.7 Å². The second kappa shape index (κ2) is 15.7. The van der Waals surface area contributed by atoms with Crippen LogP contribution in [-0.2, 0) is 29.1 Å². The predicted octanol–water partition coefficient (Wildman–Crippen LogP) is 5.43. The van der Waals surface area contributed by atoms with Gasteiger partial charge in [0.15, 0.2) is 0 Å². The van der Waals surface area contributed by atoms with E-state index < -0.39 is 6.04 Å². The van der Waals surface area contributed by atoms with E-state index in [1.54, 1.807) is 17.0 Å². The number of halogens is 2. The lowest BCUT2D eigenvalue weighted by Gasteiger charge is -2.30. The molecule has 2 amide bonds. The van der Waals surface area contributed by atoms with Crippen LogP contribution in [0.1, 0.15) is 43.4 Å². The first-order valence-corrected chi connectivity index (χ1v) is 14.2. The molecule has 0 radical (unpaired) electrons. The largest absolute Gasteiger partial charge is 0.336 e. The number of benzene rings is 3. The minimum absolute atomic E-state index is 0. The number of carbonyl (C=O) groups excluding carboxylic acids is 2. The fraction of sp³-hybridized carbons (Fsp3) is 0.394. The van der Waals surface area contributed by atoms with E-state index in [0.717, 1.165) is 30.8 Å². The van der Waals surface area contributed by atoms with Gasteiger partial charge in [0.2, 0.25) is 11.8 Å². The zero-order chi connectivity index (χ0) is 28.5. The summed E-state index contributed by atoms with van der Waals surface area (Å²) in [6.07, 6.45) is 1.53. The quantitative estimate of drug-likeness (QED) is 0.404. The number of nitrogens with two attached hydrogens (primary N) is 1. The van der Waals surface area contributed by atoms with Gasteiger partial charge in [-0.1, -0.05) is 74.5 Å². The van der Waals surface area contributed by atoms with Crippen molar-refractivity contribution in [2.75, 3.05) is 31.1 Å². The molecule has 0 spiro atoms. The molecule has 41 heavy (non-hydrogen) atoms. The summed E-state index contributed by atoms with van der Waals surface area (Å²) in [6, 6.07) is 23.6. The van der Waals surface area contributed by atoms with Gasteiger partial charge in [0.1, 0.15) is 5.82 Å². The molecule has 220 valence electrons. The molecule has 3 aromatic rings. The Morgan fingerprint density at radius 1 is 0.878 bits per heavy atom. The zero-order valence-electron chi connectivity index (χ0n) is 24.0. The van der Waals surface area contributed by atoms with E-state index in [-0.39, 0.29) is 42.4 Å². The molecule has 0 aliphatic carbocycles. The first-order valence-electron chi connectivity index (χ1n) is 14.2. The van der Waals surface area contributed by atoms with Crippen molar-refractivity contribution >= 4 is 29.9 Å². The van der Waals surface area contributed by atoms with Crippen LogP contribution in [0.2, 0.25) is 0 Å². The lowest BCUT2D eigenvalue weighted by Crippen LogP contribution is -2.47. The Hall–Kier alpha value is -3.26. The van der Waals surface area contributed by atoms with Gasteiger partial charge in [0, 0.05) is 51.4 Å². The molecule has 0 unspecified atom stereocenters. The molecular weight excluding hydrogens is 539 g/mol. The standard InChI is InChI=1S/C33H41FN4O2.ClH/c1-25(2)20-32(39)38-17-9-16-36(23-26-10-4-3-5-11-26)18-19-37(24-28-13-6-7-15-31(28)38)33(40)30(35)22-27-12-8-14-29(34)21-27;/h3-8,10-15,21,25,30H,9,16-20,22-24,35H2,1-2H3;1H/t30-;/m0./s1. The van der Waals surface area contributed by atoms with E-state index in [9.17, 15) is 14.0 Å². The molecule has 8 heteroatoms. The van der Waals surface area contributed by atoms with Gasteiger partial charge < -0.3 is 15.5 Å². The third kappa shape index (κ3) is 9.38. The van der Waals surface area contributed by atoms with Gasteiger partial charge in [-0.25, -0.2) is 4.39 Å². The average Bonchev–Trinajstić information content (AvgIpc) is 2.96. The molecule has 0 saturated heterocycles. The van der Waals surface area contributed by atoms with Gasteiger partial charge in [-0.2, -0.15) is 0 Å². The van der Waals surface area contributed by atoms with Crippen LogP contribution in [0.3, 0.4) is 0 Å². The summed E-state index contributed by atoms with van der Waals surface area (Å²) in [5, 5.41) is 0. The Labute approximate surface area is 249 Å². The minimum atomic E-state index is -0.805. The van der Waals surface area contributed by atoms with Gasteiger partial charge in [-0.05, 0) is 53.6 Å². The maximum atomic E-state index is 13.8. The number of anilines is 1. The fourth-order valence-electron chi connectivity index (χ4n) is 5.29. The molecule has 0 bridgehead atoms. The van der Waals surface area contributed by atoms with E-state index in [1.807, 2.05) is 47.4 Å². The summed E-state index contributed by atoms with van der Waals surface area (Å²) in [7, 11) is 0. The summed E-state index contributed by atoms with van der Waals surface area (Å²) in [6.45, 7) is 7.78. The molecule has 0 fully saturated rings. The monoisotopic (exact) mass is 580 g/mol. The van der Waals surface area contributed by atoms with Crippen molar-refractivity contribution < 1.29 is 14.0 Å². The van der Waals surface area contributed by atoms with Crippen LogP contribution in [0, 0.1) is 11.7 Å². The number of rotatable bonds is 7. The summed E-state index contributed by atoms with van der Waals surface area (Å²) in [4.78, 5) is 33.3. The molecule has 1 aliphatic rings. The van der Waals surface area contributed by atoms with Gasteiger partial charge in [-0.3, -0.25) is 14.5 Å². The summed E-state index contributed by atoms with van der Waals surface area (Å²) >= 11 is 0. The second-order valence-corrected chi connectivity index (χ2v) is 11.1. The number of hydrogen-bond acceptors (Lipinski definition) is 4. The summed E-state index contributed by atoms with van der Waals surface area (Å²) < 4.78 is 13.8. The number of nitrogens with zero attached hydrogens (tertiary/aromatic N) is 3. The third-order valence-electron chi connectivity index (χ3n) is 7.29. The SMILES string of the molecule is CC(C)CC(=O)N1CCCN(Cc2ccccc2)CCN(C(=O)[C@@H](N)Cc2cccc(F)c2)Cc2ccccc21.Cl. The van der Waals surface area contributed by atoms with E-state index in [1.165, 1.54) is 17.7 Å². The molecular formula is C33H42ClFN4O2. The molecule has 1 aliphatic heterocycles. The van der Waals surface area contributed by atoms with Gasteiger partial charge in [-0.15, -0.1) is 12.4 Å². The van der Waals surface area contributed by atoms with E-state index >= 15 is 0 Å². The lowest BCUT2D eigenvalue weighted by atomic mass is 10.0. The van der Waals surface area contributed by atoms with Crippen molar-refractivity contribution in [2.45, 2.75) is 52.2 Å². The third-order valence-corrected chi connectivity index (χ3v) is 7.29. The van der Waals surface area contributed by atoms with Crippen LogP contribution in [0.5, 0.6) is 0 Å². The first kappa shape index (κ1) is 32.3. The molecule has 1 atom stereocenters. The van der Waals surface area contributed by atoms with Crippen LogP contribution in [0.25, 0.3) is 0 Å². The van der Waals surface area contributed by atoms with E-state index in [4.69, 9.17) is 5.73 Å². The Morgan fingerprint density at radius 3 is 2.32 bits per heavy atom. The van der Waals surface area contributed by atoms with Crippen LogP contribution < -0.4 is 10.6 Å². The molecule has 4 rings (SSSR count). The number of carbonyl (C=O) groups is 2. The topological polar surface area (TPSA) is 69.9 Å². The molecule has 2 N–H and O–H groups in total. The maximum Gasteiger partial charge on any atom is 0.240 e. The van der Waals surface area contributed by atoms with Crippen molar-refractivity contribution in [3.05, 3.63) is 101 Å². The Bertz CT molecular complexity index is 1270. The maximum absolute atomic E-state index is 13.8. The summed E-state index contributed by atoms with van der Waals surface area (Å²) in [5.74, 6) is -0.189. The second-order valence-electron chi connectivity index (χ2n) is 11.1. The first-order chi connectivity index (χ1) is 19.3.